The first-order chi connectivity index (χ1) is 32.6. The predicted octanol–water partition coefficient (Wildman–Crippen LogP) is 17.5. The molecule has 1 aliphatic heterocycles. The molecule has 0 aliphatic carbocycles. The minimum absolute atomic E-state index is 0.238. The Morgan fingerprint density at radius 1 is 0.424 bits per heavy atom. The smallest absolute Gasteiger partial charge is 0.0947 e. The molecule has 3 heterocycles. The lowest BCUT2D eigenvalue weighted by Crippen LogP contribution is -2.08. The average Bonchev–Trinajstić information content (AvgIpc) is 3.85. The summed E-state index contributed by atoms with van der Waals surface area (Å²) < 4.78 is 5.07. The zero-order valence-electron chi connectivity index (χ0n) is 36.2. The van der Waals surface area contributed by atoms with Crippen molar-refractivity contribution in [2.45, 2.75) is 13.0 Å². The van der Waals surface area contributed by atoms with Gasteiger partial charge in [-0.2, -0.15) is 0 Å². The van der Waals surface area contributed by atoms with Crippen LogP contribution in [0.3, 0.4) is 0 Å². The highest BCUT2D eigenvalue weighted by atomic mass is 32.1. The summed E-state index contributed by atoms with van der Waals surface area (Å²) >= 11 is 1.88. The summed E-state index contributed by atoms with van der Waals surface area (Å²) in [5.41, 5.74) is 10.5. The molecule has 11 aromatic carbocycles. The van der Waals surface area contributed by atoms with Crippen molar-refractivity contribution in [2.24, 2.45) is 4.99 Å². The lowest BCUT2D eigenvalue weighted by Gasteiger charge is -2.18. The summed E-state index contributed by atoms with van der Waals surface area (Å²) in [6.45, 7) is 2.30. The minimum Gasteiger partial charge on any atom is -0.309 e. The Labute approximate surface area is 385 Å². The van der Waals surface area contributed by atoms with Crippen LogP contribution in [0.2, 0.25) is 0 Å². The van der Waals surface area contributed by atoms with E-state index in [2.05, 4.69) is 230 Å². The summed E-state index contributed by atoms with van der Waals surface area (Å²) in [5, 5.41) is 17.5. The topological polar surface area (TPSA) is 17.3 Å². The van der Waals surface area contributed by atoms with Crippen LogP contribution < -0.4 is 0 Å². The van der Waals surface area contributed by atoms with Crippen LogP contribution in [-0.4, -0.2) is 10.3 Å². The van der Waals surface area contributed by atoms with Gasteiger partial charge in [-0.25, -0.2) is 0 Å². The molecule has 2 aromatic heterocycles. The number of hydrogen-bond donors (Lipinski definition) is 0. The summed E-state index contributed by atoms with van der Waals surface area (Å²) in [7, 11) is 0. The molecule has 0 amide bonds. The van der Waals surface area contributed by atoms with Crippen molar-refractivity contribution >= 4 is 118 Å². The fourth-order valence-electron chi connectivity index (χ4n) is 11.1. The molecule has 14 rings (SSSR count). The van der Waals surface area contributed by atoms with E-state index in [0.717, 1.165) is 22.5 Å². The van der Waals surface area contributed by atoms with Crippen molar-refractivity contribution in [1.29, 1.82) is 0 Å². The lowest BCUT2D eigenvalue weighted by molar-refractivity contribution is 0.927. The highest BCUT2D eigenvalue weighted by Gasteiger charge is 2.25. The molecule has 0 radical (unpaired) electrons. The number of allylic oxidation sites excluding steroid dienone is 3. The molecule has 0 N–H and O–H groups in total. The van der Waals surface area contributed by atoms with Gasteiger partial charge in [-0.15, -0.1) is 11.3 Å². The number of benzene rings is 11. The van der Waals surface area contributed by atoms with E-state index in [-0.39, 0.29) is 6.04 Å². The Bertz CT molecular complexity index is 4300. The van der Waals surface area contributed by atoms with E-state index in [1.54, 1.807) is 0 Å². The predicted molar refractivity (Wildman–Crippen MR) is 285 cm³/mol. The maximum Gasteiger partial charge on any atom is 0.0947 e. The Kier molecular flexibility index (Phi) is 8.16. The number of fused-ring (bicyclic) bond motifs is 13. The molecule has 66 heavy (non-hydrogen) atoms. The molecule has 0 saturated heterocycles. The van der Waals surface area contributed by atoms with E-state index < -0.39 is 0 Å². The first kappa shape index (κ1) is 37.3. The first-order valence-corrected chi connectivity index (χ1v) is 23.6. The number of aliphatic imine (C=N–C) groups is 1. The van der Waals surface area contributed by atoms with Crippen LogP contribution in [0.25, 0.3) is 107 Å². The van der Waals surface area contributed by atoms with Gasteiger partial charge in [0.1, 0.15) is 0 Å². The standard InChI is InChI=1S/C63H40N2S/c1-38-45(30-31-56(64-63(38)51-27-14-20-39-15-4-7-21-46(39)51)53-34-43-19-6-8-22-47(43)49-24-10-11-25-50(49)53)54-36-44(37-60-62(54)52-26-12-13-28-59(52)66-60)65-57-32-29-40-16-5-9-23-48(40)61(57)55-33-41-17-2-3-18-42(41)35-58(55)65/h2-37,56H,1H3. The zero-order chi connectivity index (χ0) is 43.5. The summed E-state index contributed by atoms with van der Waals surface area (Å²) in [6.07, 6.45) is 4.75. The molecule has 3 heteroatoms. The monoisotopic (exact) mass is 856 g/mol. The summed E-state index contributed by atoms with van der Waals surface area (Å²) in [5.74, 6) is 0. The molecule has 0 spiro atoms. The van der Waals surface area contributed by atoms with Crippen LogP contribution in [-0.2, 0) is 0 Å². The van der Waals surface area contributed by atoms with Crippen molar-refractivity contribution in [1.82, 2.24) is 4.57 Å². The van der Waals surface area contributed by atoms with Crippen LogP contribution in [0.5, 0.6) is 0 Å². The molecule has 2 nitrogen and oxygen atoms in total. The van der Waals surface area contributed by atoms with E-state index in [0.29, 0.717) is 0 Å². The highest BCUT2D eigenvalue weighted by Crippen LogP contribution is 2.46. The van der Waals surface area contributed by atoms with Gasteiger partial charge in [-0.3, -0.25) is 4.99 Å². The largest absolute Gasteiger partial charge is 0.309 e. The molecule has 0 saturated carbocycles. The van der Waals surface area contributed by atoms with E-state index in [1.165, 1.54) is 113 Å². The fraction of sp³-hybridized carbons (Fsp3) is 0.0317. The highest BCUT2D eigenvalue weighted by molar-refractivity contribution is 7.25. The number of rotatable bonds is 4. The summed E-state index contributed by atoms with van der Waals surface area (Å²) in [4.78, 5) is 5.89. The van der Waals surface area contributed by atoms with Crippen LogP contribution in [0.15, 0.2) is 229 Å². The number of nitrogens with zero attached hydrogens (tertiary/aromatic N) is 2. The zero-order valence-corrected chi connectivity index (χ0v) is 37.0. The third kappa shape index (κ3) is 5.57. The summed E-state index contributed by atoms with van der Waals surface area (Å²) in [6, 6.07) is 76.0. The molecule has 13 aromatic rings. The van der Waals surface area contributed by atoms with Gasteiger partial charge in [0.05, 0.1) is 22.8 Å². The third-order valence-corrected chi connectivity index (χ3v) is 15.3. The molecule has 0 fully saturated rings. The van der Waals surface area contributed by atoms with Crippen LogP contribution in [0, 0.1) is 0 Å². The average molecular weight is 857 g/mol. The second kappa shape index (κ2) is 14.5. The number of hydrogen-bond acceptors (Lipinski definition) is 2. The van der Waals surface area contributed by atoms with Crippen molar-refractivity contribution in [3.8, 4) is 5.69 Å². The Hall–Kier alpha value is -8.11. The minimum atomic E-state index is -0.238. The third-order valence-electron chi connectivity index (χ3n) is 14.2. The van der Waals surface area contributed by atoms with Gasteiger partial charge in [0.25, 0.3) is 0 Å². The number of thiophene rings is 1. The quantitative estimate of drug-likeness (QED) is 0.157. The van der Waals surface area contributed by atoms with E-state index in [4.69, 9.17) is 4.99 Å². The molecular formula is C63H40N2S. The van der Waals surface area contributed by atoms with Crippen LogP contribution in [0.4, 0.5) is 0 Å². The fourth-order valence-corrected chi connectivity index (χ4v) is 12.3. The second-order valence-electron chi connectivity index (χ2n) is 17.8. The number of aromatic nitrogens is 1. The van der Waals surface area contributed by atoms with Crippen molar-refractivity contribution in [3.63, 3.8) is 0 Å². The Morgan fingerprint density at radius 3 is 1.88 bits per heavy atom. The molecule has 0 bridgehead atoms. The Morgan fingerprint density at radius 2 is 1.06 bits per heavy atom. The van der Waals surface area contributed by atoms with E-state index in [9.17, 15) is 0 Å². The lowest BCUT2D eigenvalue weighted by atomic mass is 9.90. The second-order valence-corrected chi connectivity index (χ2v) is 18.9. The van der Waals surface area contributed by atoms with Crippen molar-refractivity contribution in [2.75, 3.05) is 0 Å². The van der Waals surface area contributed by atoms with Crippen molar-refractivity contribution in [3.05, 3.63) is 241 Å². The SMILES string of the molecule is CC1=C(c2cc(-n3c4cc5ccccc5cc4c4c5ccccc5ccc43)cc3sc4ccccc4c23)C=CC(c2cc3ccccc3c3ccccc23)N=C1c1cccc2ccccc12. The van der Waals surface area contributed by atoms with Gasteiger partial charge in [-0.1, -0.05) is 176 Å². The van der Waals surface area contributed by atoms with E-state index >= 15 is 0 Å². The molecule has 308 valence electrons. The van der Waals surface area contributed by atoms with Gasteiger partial charge in [0.15, 0.2) is 0 Å². The molecule has 1 unspecified atom stereocenters. The van der Waals surface area contributed by atoms with Gasteiger partial charge in [-0.05, 0) is 126 Å². The van der Waals surface area contributed by atoms with Gasteiger partial charge in [0.2, 0.25) is 0 Å². The van der Waals surface area contributed by atoms with Gasteiger partial charge >= 0.3 is 0 Å². The molecular weight excluding hydrogens is 817 g/mol. The van der Waals surface area contributed by atoms with Crippen LogP contribution in [0.1, 0.15) is 29.7 Å². The van der Waals surface area contributed by atoms with E-state index in [1.807, 2.05) is 11.3 Å². The van der Waals surface area contributed by atoms with Gasteiger partial charge < -0.3 is 4.57 Å². The Balaban J connectivity index is 1.09. The van der Waals surface area contributed by atoms with Gasteiger partial charge in [0, 0.05) is 42.2 Å². The maximum absolute atomic E-state index is 5.89. The molecule has 1 aliphatic rings. The normalized spacial score (nSPS) is 14.6. The maximum atomic E-state index is 5.89. The van der Waals surface area contributed by atoms with Crippen molar-refractivity contribution < 1.29 is 0 Å². The first-order valence-electron chi connectivity index (χ1n) is 22.8. The molecule has 1 atom stereocenters. The van der Waals surface area contributed by atoms with Crippen LogP contribution >= 0.6 is 11.3 Å².